The van der Waals surface area contributed by atoms with Crippen molar-refractivity contribution >= 4 is 11.6 Å². The zero-order chi connectivity index (χ0) is 18.8. The van der Waals surface area contributed by atoms with Crippen LogP contribution in [-0.2, 0) is 6.54 Å². The normalized spacial score (nSPS) is 11.3. The molecule has 0 aliphatic carbocycles. The van der Waals surface area contributed by atoms with Crippen LogP contribution in [0.3, 0.4) is 0 Å². The van der Waals surface area contributed by atoms with Crippen LogP contribution in [0.4, 0.5) is 8.78 Å². The van der Waals surface area contributed by atoms with Crippen molar-refractivity contribution in [2.75, 3.05) is 0 Å². The highest BCUT2D eigenvalue weighted by molar-refractivity contribution is 6.30. The van der Waals surface area contributed by atoms with Gasteiger partial charge in [-0.15, -0.1) is 20.4 Å². The van der Waals surface area contributed by atoms with E-state index < -0.39 is 12.3 Å². The van der Waals surface area contributed by atoms with E-state index in [1.807, 2.05) is 6.07 Å². The molecule has 0 aliphatic heterocycles. The molecule has 3 aromatic heterocycles. The van der Waals surface area contributed by atoms with E-state index in [2.05, 4.69) is 30.6 Å². The summed E-state index contributed by atoms with van der Waals surface area (Å²) in [6, 6.07) is 10.5. The Labute approximate surface area is 155 Å². The maximum absolute atomic E-state index is 12.5. The molecule has 0 saturated carbocycles. The first-order valence-corrected chi connectivity index (χ1v) is 8.07. The monoisotopic (exact) mass is 389 g/mol. The van der Waals surface area contributed by atoms with Gasteiger partial charge in [-0.1, -0.05) is 23.7 Å². The Hall–Kier alpha value is -3.27. The van der Waals surface area contributed by atoms with Crippen molar-refractivity contribution in [1.29, 1.82) is 0 Å². The van der Waals surface area contributed by atoms with Crippen LogP contribution in [0.2, 0.25) is 5.02 Å². The van der Waals surface area contributed by atoms with Crippen molar-refractivity contribution in [2.45, 2.75) is 13.0 Å². The van der Waals surface area contributed by atoms with Gasteiger partial charge in [0.15, 0.2) is 0 Å². The summed E-state index contributed by atoms with van der Waals surface area (Å²) < 4.78 is 29.9. The lowest BCUT2D eigenvalue weighted by Crippen LogP contribution is -2.05. The first kappa shape index (κ1) is 17.2. The second kappa shape index (κ2) is 7.16. The second-order valence-corrected chi connectivity index (χ2v) is 5.87. The third kappa shape index (κ3) is 3.80. The molecule has 136 valence electrons. The maximum Gasteiger partial charge on any atom is 0.314 e. The Kier molecular flexibility index (Phi) is 4.55. The minimum Gasteiger partial charge on any atom is -0.415 e. The first-order valence-electron chi connectivity index (χ1n) is 7.69. The fourth-order valence-electron chi connectivity index (χ4n) is 2.28. The lowest BCUT2D eigenvalue weighted by Gasteiger charge is -2.00. The molecule has 0 unspecified atom stereocenters. The lowest BCUT2D eigenvalue weighted by molar-refractivity contribution is 0.116. The summed E-state index contributed by atoms with van der Waals surface area (Å²) in [6.07, 6.45) is -1.36. The van der Waals surface area contributed by atoms with Crippen LogP contribution >= 0.6 is 11.6 Å². The van der Waals surface area contributed by atoms with E-state index in [0.717, 1.165) is 5.56 Å². The minimum atomic E-state index is -2.81. The minimum absolute atomic E-state index is 0.0218. The molecule has 0 N–H and O–H groups in total. The van der Waals surface area contributed by atoms with E-state index in [1.165, 1.54) is 11.0 Å². The number of pyridine rings is 1. The summed E-state index contributed by atoms with van der Waals surface area (Å²) in [4.78, 5) is 5.62. The summed E-state index contributed by atoms with van der Waals surface area (Å²) in [5, 5.41) is 19.7. The second-order valence-electron chi connectivity index (χ2n) is 5.44. The standard InChI is InChI=1S/C16H10ClF2N7O/c17-11-3-1-2-9(6-11)14-21-25-26(24-14)8-12-5-4-10(7-20-12)15-22-23-16(27-15)13(18)19/h1-7,13H,8H2. The van der Waals surface area contributed by atoms with Crippen LogP contribution in [-0.4, -0.2) is 35.4 Å². The molecule has 4 rings (SSSR count). The van der Waals surface area contributed by atoms with Crippen molar-refractivity contribution in [2.24, 2.45) is 0 Å². The van der Waals surface area contributed by atoms with Gasteiger partial charge >= 0.3 is 6.43 Å². The lowest BCUT2D eigenvalue weighted by atomic mass is 10.2. The van der Waals surface area contributed by atoms with Crippen molar-refractivity contribution in [3.63, 3.8) is 0 Å². The maximum atomic E-state index is 12.5. The topological polar surface area (TPSA) is 95.4 Å². The van der Waals surface area contributed by atoms with Gasteiger partial charge in [0.1, 0.15) is 6.54 Å². The average molecular weight is 390 g/mol. The number of rotatable bonds is 5. The Balaban J connectivity index is 1.49. The number of tetrazole rings is 1. The summed E-state index contributed by atoms with van der Waals surface area (Å²) >= 11 is 5.96. The van der Waals surface area contributed by atoms with E-state index in [-0.39, 0.29) is 12.4 Å². The summed E-state index contributed by atoms with van der Waals surface area (Å²) in [5.74, 6) is -0.305. The third-order valence-corrected chi connectivity index (χ3v) is 3.77. The molecule has 3 heterocycles. The summed E-state index contributed by atoms with van der Waals surface area (Å²) in [7, 11) is 0. The number of hydrogen-bond donors (Lipinski definition) is 0. The Bertz CT molecular complexity index is 1060. The van der Waals surface area contributed by atoms with E-state index in [4.69, 9.17) is 16.0 Å². The van der Waals surface area contributed by atoms with Crippen LogP contribution in [0.25, 0.3) is 22.8 Å². The molecule has 0 amide bonds. The quantitative estimate of drug-likeness (QED) is 0.516. The fourth-order valence-corrected chi connectivity index (χ4v) is 2.47. The van der Waals surface area contributed by atoms with Crippen LogP contribution in [0.15, 0.2) is 47.0 Å². The number of aromatic nitrogens is 7. The van der Waals surface area contributed by atoms with Gasteiger partial charge in [0.05, 0.1) is 11.3 Å². The zero-order valence-corrected chi connectivity index (χ0v) is 14.3. The van der Waals surface area contributed by atoms with E-state index in [0.29, 0.717) is 22.1 Å². The Morgan fingerprint density at radius 1 is 1.07 bits per heavy atom. The fraction of sp³-hybridized carbons (Fsp3) is 0.125. The predicted molar refractivity (Wildman–Crippen MR) is 89.9 cm³/mol. The van der Waals surface area contributed by atoms with Gasteiger partial charge in [0.2, 0.25) is 11.7 Å². The van der Waals surface area contributed by atoms with Crippen molar-refractivity contribution < 1.29 is 13.2 Å². The van der Waals surface area contributed by atoms with E-state index in [9.17, 15) is 8.78 Å². The number of nitrogens with zero attached hydrogens (tertiary/aromatic N) is 7. The van der Waals surface area contributed by atoms with E-state index in [1.54, 1.807) is 30.3 Å². The number of alkyl halides is 2. The van der Waals surface area contributed by atoms with Gasteiger partial charge in [-0.3, -0.25) is 4.98 Å². The Morgan fingerprint density at radius 2 is 1.96 bits per heavy atom. The molecular weight excluding hydrogens is 380 g/mol. The van der Waals surface area contributed by atoms with Crippen LogP contribution in [0.1, 0.15) is 18.0 Å². The molecule has 11 heteroatoms. The number of hydrogen-bond acceptors (Lipinski definition) is 7. The molecular formula is C16H10ClF2N7O. The highest BCUT2D eigenvalue weighted by Gasteiger charge is 2.17. The van der Waals surface area contributed by atoms with Gasteiger partial charge in [-0.25, -0.2) is 0 Å². The SMILES string of the molecule is FC(F)c1nnc(-c2ccc(Cn3nnc(-c4cccc(Cl)c4)n3)nc2)o1. The van der Waals surface area contributed by atoms with Gasteiger partial charge in [0.25, 0.3) is 5.89 Å². The van der Waals surface area contributed by atoms with Gasteiger partial charge in [-0.2, -0.15) is 13.6 Å². The number of benzene rings is 1. The van der Waals surface area contributed by atoms with Gasteiger partial charge in [0, 0.05) is 16.8 Å². The first-order chi connectivity index (χ1) is 13.1. The molecule has 4 aromatic rings. The smallest absolute Gasteiger partial charge is 0.314 e. The molecule has 0 fully saturated rings. The Morgan fingerprint density at radius 3 is 2.67 bits per heavy atom. The molecule has 0 aliphatic rings. The largest absolute Gasteiger partial charge is 0.415 e. The molecule has 0 radical (unpaired) electrons. The molecule has 0 atom stereocenters. The highest BCUT2D eigenvalue weighted by Crippen LogP contribution is 2.23. The molecule has 0 spiro atoms. The number of halogens is 3. The van der Waals surface area contributed by atoms with E-state index >= 15 is 0 Å². The predicted octanol–water partition coefficient (Wildman–Crippen LogP) is 3.42. The van der Waals surface area contributed by atoms with Crippen molar-refractivity contribution in [1.82, 2.24) is 35.4 Å². The molecule has 0 bridgehead atoms. The van der Waals surface area contributed by atoms with Crippen LogP contribution in [0, 0.1) is 0 Å². The third-order valence-electron chi connectivity index (χ3n) is 3.54. The average Bonchev–Trinajstić information content (AvgIpc) is 3.32. The highest BCUT2D eigenvalue weighted by atomic mass is 35.5. The molecule has 27 heavy (non-hydrogen) atoms. The summed E-state index contributed by atoms with van der Waals surface area (Å²) in [6.45, 7) is 0.278. The molecule has 0 saturated heterocycles. The zero-order valence-electron chi connectivity index (χ0n) is 13.5. The molecule has 8 nitrogen and oxygen atoms in total. The van der Waals surface area contributed by atoms with Crippen LogP contribution < -0.4 is 0 Å². The van der Waals surface area contributed by atoms with Crippen molar-refractivity contribution in [3.05, 3.63) is 59.2 Å². The van der Waals surface area contributed by atoms with Crippen molar-refractivity contribution in [3.8, 4) is 22.8 Å². The molecule has 1 aromatic carbocycles. The van der Waals surface area contributed by atoms with Gasteiger partial charge in [-0.05, 0) is 29.5 Å². The van der Waals surface area contributed by atoms with Crippen LogP contribution in [0.5, 0.6) is 0 Å². The van der Waals surface area contributed by atoms with Gasteiger partial charge < -0.3 is 4.42 Å². The summed E-state index contributed by atoms with van der Waals surface area (Å²) in [5.41, 5.74) is 1.83.